The highest BCUT2D eigenvalue weighted by Gasteiger charge is 2.44. The predicted octanol–water partition coefficient (Wildman–Crippen LogP) is 1.88. The largest absolute Gasteiger partial charge is 0.326 e. The van der Waals surface area contributed by atoms with Gasteiger partial charge in [0.1, 0.15) is 0 Å². The van der Waals surface area contributed by atoms with E-state index in [1.165, 1.54) is 17.4 Å². The van der Waals surface area contributed by atoms with Gasteiger partial charge in [-0.2, -0.15) is 0 Å². The van der Waals surface area contributed by atoms with Crippen molar-refractivity contribution in [2.45, 2.75) is 33.2 Å². The van der Waals surface area contributed by atoms with E-state index in [0.29, 0.717) is 5.41 Å². The second-order valence-electron chi connectivity index (χ2n) is 4.92. The highest BCUT2D eigenvalue weighted by molar-refractivity contribution is 4.81. The van der Waals surface area contributed by atoms with E-state index in [1.54, 1.807) is 0 Å². The van der Waals surface area contributed by atoms with Gasteiger partial charge in [0.05, 0.1) is 26.7 Å². The highest BCUT2D eigenvalue weighted by atomic mass is 15.4. The van der Waals surface area contributed by atoms with Crippen molar-refractivity contribution in [2.24, 2.45) is 5.41 Å². The van der Waals surface area contributed by atoms with E-state index in [9.17, 15) is 0 Å². The van der Waals surface area contributed by atoms with Gasteiger partial charge in [0.25, 0.3) is 0 Å². The van der Waals surface area contributed by atoms with Crippen LogP contribution in [0, 0.1) is 5.41 Å². The van der Waals surface area contributed by atoms with Crippen molar-refractivity contribution in [3.8, 4) is 0 Å². The minimum atomic E-state index is 0.559. The summed E-state index contributed by atoms with van der Waals surface area (Å²) < 4.78 is 1.20. The smallest absolute Gasteiger partial charge is 0.0911 e. The third kappa shape index (κ3) is 1.07. The predicted molar refractivity (Wildman–Crippen MR) is 44.8 cm³/mol. The van der Waals surface area contributed by atoms with Crippen molar-refractivity contribution in [3.63, 3.8) is 0 Å². The molecule has 0 aromatic carbocycles. The molecule has 1 saturated heterocycles. The minimum Gasteiger partial charge on any atom is -0.326 e. The summed E-state index contributed by atoms with van der Waals surface area (Å²) >= 11 is 0. The maximum Gasteiger partial charge on any atom is 0.0911 e. The fraction of sp³-hybridized carbons (Fsp3) is 1.00. The number of nitrogens with zero attached hydrogens (tertiary/aromatic N) is 1. The molecule has 0 aliphatic carbocycles. The molecule has 0 N–H and O–H groups in total. The number of hydrogen-bond donors (Lipinski definition) is 0. The highest BCUT2D eigenvalue weighted by Crippen LogP contribution is 2.38. The molecule has 1 nitrogen and oxygen atoms in total. The van der Waals surface area contributed by atoms with Crippen molar-refractivity contribution in [2.75, 3.05) is 20.6 Å². The van der Waals surface area contributed by atoms with Gasteiger partial charge in [0.2, 0.25) is 0 Å². The molecule has 1 heterocycles. The van der Waals surface area contributed by atoms with Crippen molar-refractivity contribution in [3.05, 3.63) is 0 Å². The van der Waals surface area contributed by atoms with E-state index in [2.05, 4.69) is 34.9 Å². The standard InChI is InChI=1S/C9H20N/c1-8-9(2,3)6-7-10(8,4)5/h8H,6-7H2,1-5H3/q+1. The van der Waals surface area contributed by atoms with Crippen LogP contribution in [0.4, 0.5) is 0 Å². The Morgan fingerprint density at radius 2 is 1.80 bits per heavy atom. The average Bonchev–Trinajstić information content (AvgIpc) is 1.95. The van der Waals surface area contributed by atoms with Crippen LogP contribution < -0.4 is 0 Å². The Bertz CT molecular complexity index is 120. The van der Waals surface area contributed by atoms with Crippen molar-refractivity contribution >= 4 is 0 Å². The molecule has 1 fully saturated rings. The van der Waals surface area contributed by atoms with Gasteiger partial charge in [0.15, 0.2) is 0 Å². The first-order valence-electron chi connectivity index (χ1n) is 4.19. The summed E-state index contributed by atoms with van der Waals surface area (Å²) in [5.41, 5.74) is 0.559. The summed E-state index contributed by atoms with van der Waals surface area (Å²) in [5.74, 6) is 0. The molecule has 0 spiro atoms. The summed E-state index contributed by atoms with van der Waals surface area (Å²) in [7, 11) is 4.67. The average molecular weight is 142 g/mol. The Hall–Kier alpha value is -0.0400. The van der Waals surface area contributed by atoms with Crippen LogP contribution in [-0.2, 0) is 0 Å². The molecular weight excluding hydrogens is 122 g/mol. The van der Waals surface area contributed by atoms with Gasteiger partial charge in [-0.05, 0) is 6.92 Å². The molecule has 1 rings (SSSR count). The zero-order chi connectivity index (χ0) is 7.99. The summed E-state index contributed by atoms with van der Waals surface area (Å²) in [4.78, 5) is 0. The molecule has 0 bridgehead atoms. The topological polar surface area (TPSA) is 0 Å². The molecule has 1 aliphatic rings. The molecule has 0 radical (unpaired) electrons. The van der Waals surface area contributed by atoms with Gasteiger partial charge in [-0.15, -0.1) is 0 Å². The normalized spacial score (nSPS) is 36.3. The lowest BCUT2D eigenvalue weighted by Crippen LogP contribution is -2.45. The van der Waals surface area contributed by atoms with Crippen LogP contribution in [0.1, 0.15) is 27.2 Å². The molecule has 1 heteroatoms. The molecule has 1 atom stereocenters. The van der Waals surface area contributed by atoms with E-state index in [4.69, 9.17) is 0 Å². The minimum absolute atomic E-state index is 0.559. The number of likely N-dealkylation sites (tertiary alicyclic amines) is 1. The monoisotopic (exact) mass is 142 g/mol. The maximum atomic E-state index is 2.38. The lowest BCUT2D eigenvalue weighted by Gasteiger charge is -2.34. The van der Waals surface area contributed by atoms with Gasteiger partial charge in [-0.25, -0.2) is 0 Å². The molecular formula is C9H20N+. The van der Waals surface area contributed by atoms with Crippen LogP contribution in [0.15, 0.2) is 0 Å². The number of quaternary nitrogens is 1. The van der Waals surface area contributed by atoms with Crippen molar-refractivity contribution < 1.29 is 4.48 Å². The molecule has 0 amide bonds. The second-order valence-corrected chi connectivity index (χ2v) is 4.92. The quantitative estimate of drug-likeness (QED) is 0.453. The molecule has 0 aromatic rings. The lowest BCUT2D eigenvalue weighted by molar-refractivity contribution is -0.903. The third-order valence-electron chi connectivity index (χ3n) is 3.51. The van der Waals surface area contributed by atoms with E-state index in [0.717, 1.165) is 6.04 Å². The van der Waals surface area contributed by atoms with Crippen LogP contribution in [0.2, 0.25) is 0 Å². The number of rotatable bonds is 0. The van der Waals surface area contributed by atoms with E-state index >= 15 is 0 Å². The fourth-order valence-electron chi connectivity index (χ4n) is 1.92. The van der Waals surface area contributed by atoms with Crippen molar-refractivity contribution in [1.29, 1.82) is 0 Å². The van der Waals surface area contributed by atoms with Gasteiger partial charge in [-0.1, -0.05) is 13.8 Å². The van der Waals surface area contributed by atoms with Crippen molar-refractivity contribution in [1.82, 2.24) is 0 Å². The van der Waals surface area contributed by atoms with E-state index in [-0.39, 0.29) is 0 Å². The molecule has 1 unspecified atom stereocenters. The zero-order valence-corrected chi connectivity index (χ0v) is 7.94. The molecule has 0 aromatic heterocycles. The van der Waals surface area contributed by atoms with E-state index < -0.39 is 0 Å². The summed E-state index contributed by atoms with van der Waals surface area (Å²) in [5, 5.41) is 0. The maximum absolute atomic E-state index is 2.38. The van der Waals surface area contributed by atoms with Gasteiger partial charge < -0.3 is 4.48 Å². The Labute approximate surface area is 64.6 Å². The Morgan fingerprint density at radius 1 is 1.30 bits per heavy atom. The zero-order valence-electron chi connectivity index (χ0n) is 7.94. The van der Waals surface area contributed by atoms with Crippen LogP contribution in [0.5, 0.6) is 0 Å². The van der Waals surface area contributed by atoms with Gasteiger partial charge >= 0.3 is 0 Å². The molecule has 1 aliphatic heterocycles. The van der Waals surface area contributed by atoms with Crippen LogP contribution >= 0.6 is 0 Å². The van der Waals surface area contributed by atoms with Crippen LogP contribution in [-0.4, -0.2) is 31.2 Å². The van der Waals surface area contributed by atoms with E-state index in [1.807, 2.05) is 0 Å². The first-order valence-corrected chi connectivity index (χ1v) is 4.19. The van der Waals surface area contributed by atoms with Crippen LogP contribution in [0.25, 0.3) is 0 Å². The Balaban J connectivity index is 2.77. The Morgan fingerprint density at radius 3 is 1.90 bits per heavy atom. The first kappa shape index (κ1) is 8.06. The number of hydrogen-bond acceptors (Lipinski definition) is 0. The summed E-state index contributed by atoms with van der Waals surface area (Å²) in [6.07, 6.45) is 1.38. The van der Waals surface area contributed by atoms with Crippen LogP contribution in [0.3, 0.4) is 0 Å². The fourth-order valence-corrected chi connectivity index (χ4v) is 1.92. The molecule has 0 saturated carbocycles. The molecule has 60 valence electrons. The summed E-state index contributed by atoms with van der Waals surface area (Å²) in [6.45, 7) is 8.47. The second kappa shape index (κ2) is 1.97. The van der Waals surface area contributed by atoms with Gasteiger partial charge in [-0.3, -0.25) is 0 Å². The SMILES string of the molecule is CC1C(C)(C)CC[N+]1(C)C. The molecule has 10 heavy (non-hydrogen) atoms. The van der Waals surface area contributed by atoms with Gasteiger partial charge in [0, 0.05) is 11.8 Å². The summed E-state index contributed by atoms with van der Waals surface area (Å²) in [6, 6.07) is 0.812. The third-order valence-corrected chi connectivity index (χ3v) is 3.51. The first-order chi connectivity index (χ1) is 4.36. The lowest BCUT2D eigenvalue weighted by atomic mass is 9.86. The Kier molecular flexibility index (Phi) is 1.59.